The van der Waals surface area contributed by atoms with Gasteiger partial charge in [-0.05, 0) is 54.2 Å². The number of rotatable bonds is 3. The van der Waals surface area contributed by atoms with E-state index >= 15 is 0 Å². The summed E-state index contributed by atoms with van der Waals surface area (Å²) in [6.45, 7) is 2.04. The van der Waals surface area contributed by atoms with Crippen LogP contribution >= 0.6 is 0 Å². The molecule has 1 aliphatic heterocycles. The van der Waals surface area contributed by atoms with Crippen LogP contribution in [-0.4, -0.2) is 26.2 Å². The van der Waals surface area contributed by atoms with Crippen LogP contribution in [0, 0.1) is 12.8 Å². The smallest absolute Gasteiger partial charge is 0.338 e. The maximum atomic E-state index is 12.3. The number of hydrogen-bond acceptors (Lipinski definition) is 5. The lowest BCUT2D eigenvalue weighted by atomic mass is 9.74. The number of carbonyl (C=O) groups is 2. The van der Waals surface area contributed by atoms with Crippen LogP contribution in [-0.2, 0) is 9.47 Å². The highest BCUT2D eigenvalue weighted by atomic mass is 16.5. The van der Waals surface area contributed by atoms with Gasteiger partial charge >= 0.3 is 11.9 Å². The van der Waals surface area contributed by atoms with Gasteiger partial charge in [-0.1, -0.05) is 30.4 Å². The predicted octanol–water partition coefficient (Wildman–Crippen LogP) is 4.39. The fourth-order valence-corrected chi connectivity index (χ4v) is 4.42. The van der Waals surface area contributed by atoms with Crippen molar-refractivity contribution in [2.75, 3.05) is 19.5 Å². The van der Waals surface area contributed by atoms with Gasteiger partial charge in [0.1, 0.15) is 0 Å². The van der Waals surface area contributed by atoms with E-state index in [1.54, 1.807) is 12.1 Å². The molecule has 5 heteroatoms. The van der Waals surface area contributed by atoms with Gasteiger partial charge in [0.25, 0.3) is 0 Å². The number of fused-ring (bicyclic) bond motifs is 3. The summed E-state index contributed by atoms with van der Waals surface area (Å²) in [5, 5.41) is 3.67. The average Bonchev–Trinajstić information content (AvgIpc) is 3.22. The largest absolute Gasteiger partial charge is 0.465 e. The Kier molecular flexibility index (Phi) is 4.67. The Hall–Kier alpha value is -3.08. The summed E-state index contributed by atoms with van der Waals surface area (Å²) in [5.41, 5.74) is 5.38. The maximum absolute atomic E-state index is 12.3. The summed E-state index contributed by atoms with van der Waals surface area (Å²) in [6.07, 6.45) is 5.31. The van der Waals surface area contributed by atoms with Gasteiger partial charge in [0.05, 0.1) is 31.4 Å². The van der Waals surface area contributed by atoms with E-state index in [4.69, 9.17) is 9.47 Å². The normalized spacial score (nSPS) is 22.0. The average molecular weight is 377 g/mol. The molecule has 4 rings (SSSR count). The van der Waals surface area contributed by atoms with Gasteiger partial charge in [-0.3, -0.25) is 0 Å². The van der Waals surface area contributed by atoms with Crippen LogP contribution in [0.3, 0.4) is 0 Å². The van der Waals surface area contributed by atoms with E-state index in [0.717, 1.165) is 28.8 Å². The van der Waals surface area contributed by atoms with E-state index in [9.17, 15) is 9.59 Å². The van der Waals surface area contributed by atoms with Crippen LogP contribution in [0.2, 0.25) is 0 Å². The number of carbonyl (C=O) groups excluding carboxylic acids is 2. The van der Waals surface area contributed by atoms with Crippen LogP contribution in [0.15, 0.2) is 48.6 Å². The summed E-state index contributed by atoms with van der Waals surface area (Å²) in [7, 11) is 2.80. The van der Waals surface area contributed by atoms with Crippen molar-refractivity contribution in [1.29, 1.82) is 0 Å². The lowest BCUT2D eigenvalue weighted by molar-refractivity contribution is 0.0591. The molecule has 3 atom stereocenters. The number of nitrogens with one attached hydrogen (secondary N) is 1. The third-order valence-electron chi connectivity index (χ3n) is 5.82. The fourth-order valence-electron chi connectivity index (χ4n) is 4.42. The number of hydrogen-bond donors (Lipinski definition) is 1. The number of esters is 2. The zero-order chi connectivity index (χ0) is 19.8. The van der Waals surface area contributed by atoms with Gasteiger partial charge < -0.3 is 14.8 Å². The highest BCUT2D eigenvalue weighted by Crippen LogP contribution is 2.51. The molecule has 1 N–H and O–H groups in total. The van der Waals surface area contributed by atoms with Crippen molar-refractivity contribution in [3.05, 3.63) is 76.4 Å². The first-order valence-electron chi connectivity index (χ1n) is 9.38. The molecule has 0 saturated carbocycles. The van der Waals surface area contributed by atoms with E-state index in [2.05, 4.69) is 17.5 Å². The zero-order valence-corrected chi connectivity index (χ0v) is 16.2. The summed E-state index contributed by atoms with van der Waals surface area (Å²) >= 11 is 0. The summed E-state index contributed by atoms with van der Waals surface area (Å²) in [6, 6.07) is 11.4. The molecule has 0 aromatic heterocycles. The molecule has 28 heavy (non-hydrogen) atoms. The standard InChI is InChI=1S/C23H23NO4/c1-13-7-12-18(23(26)28-3)19-16-5-4-6-17(16)21(24-20(13)19)14-8-10-15(11-9-14)22(25)27-2/h4-5,7-12,16-17,21,24H,6H2,1-3H3/t16-,17+,21+/m1/s1. The van der Waals surface area contributed by atoms with Crippen LogP contribution in [0.5, 0.6) is 0 Å². The monoisotopic (exact) mass is 377 g/mol. The van der Waals surface area contributed by atoms with Crippen molar-refractivity contribution in [3.63, 3.8) is 0 Å². The van der Waals surface area contributed by atoms with E-state index in [0.29, 0.717) is 17.0 Å². The van der Waals surface area contributed by atoms with Crippen LogP contribution in [0.1, 0.15) is 55.8 Å². The van der Waals surface area contributed by atoms with Crippen LogP contribution < -0.4 is 5.32 Å². The molecule has 0 radical (unpaired) electrons. The molecule has 0 bridgehead atoms. The third kappa shape index (κ3) is 2.87. The molecular formula is C23H23NO4. The van der Waals surface area contributed by atoms with Crippen LogP contribution in [0.4, 0.5) is 5.69 Å². The number of anilines is 1. The number of aryl methyl sites for hydroxylation is 1. The molecule has 1 aliphatic carbocycles. The van der Waals surface area contributed by atoms with Gasteiger partial charge in [-0.25, -0.2) is 9.59 Å². The first-order valence-corrected chi connectivity index (χ1v) is 9.38. The first kappa shape index (κ1) is 18.3. The Morgan fingerprint density at radius 2 is 1.71 bits per heavy atom. The number of allylic oxidation sites excluding steroid dienone is 2. The van der Waals surface area contributed by atoms with Crippen molar-refractivity contribution in [2.45, 2.75) is 25.3 Å². The zero-order valence-electron chi connectivity index (χ0n) is 16.2. The molecular weight excluding hydrogens is 354 g/mol. The third-order valence-corrected chi connectivity index (χ3v) is 5.82. The molecule has 0 saturated heterocycles. The molecule has 0 fully saturated rings. The molecule has 2 aromatic carbocycles. The molecule has 1 heterocycles. The lowest BCUT2D eigenvalue weighted by Gasteiger charge is -2.39. The first-order chi connectivity index (χ1) is 13.5. The van der Waals surface area contributed by atoms with E-state index in [1.807, 2.05) is 31.2 Å². The van der Waals surface area contributed by atoms with Gasteiger partial charge in [-0.2, -0.15) is 0 Å². The minimum Gasteiger partial charge on any atom is -0.465 e. The Morgan fingerprint density at radius 3 is 2.39 bits per heavy atom. The molecule has 2 aliphatic rings. The quantitative estimate of drug-likeness (QED) is 0.635. The van der Waals surface area contributed by atoms with Crippen molar-refractivity contribution in [1.82, 2.24) is 0 Å². The molecule has 0 spiro atoms. The topological polar surface area (TPSA) is 64.6 Å². The summed E-state index contributed by atoms with van der Waals surface area (Å²) < 4.78 is 9.80. The van der Waals surface area contributed by atoms with Gasteiger partial charge in [0, 0.05) is 11.6 Å². The predicted molar refractivity (Wildman–Crippen MR) is 107 cm³/mol. The second-order valence-corrected chi connectivity index (χ2v) is 7.30. The maximum Gasteiger partial charge on any atom is 0.338 e. The second kappa shape index (κ2) is 7.15. The SMILES string of the molecule is COC(=O)c1ccc([C@@H]2Nc3c(C)ccc(C(=O)OC)c3[C@@H]3C=CC[C@@H]32)cc1. The van der Waals surface area contributed by atoms with Crippen molar-refractivity contribution < 1.29 is 19.1 Å². The lowest BCUT2D eigenvalue weighted by Crippen LogP contribution is -2.31. The summed E-state index contributed by atoms with van der Waals surface area (Å²) in [4.78, 5) is 24.1. The Morgan fingerprint density at radius 1 is 1.00 bits per heavy atom. The van der Waals surface area contributed by atoms with Crippen molar-refractivity contribution >= 4 is 17.6 Å². The minimum atomic E-state index is -0.340. The van der Waals surface area contributed by atoms with E-state index < -0.39 is 0 Å². The molecule has 0 amide bonds. The number of ether oxygens (including phenoxy) is 2. The summed E-state index contributed by atoms with van der Waals surface area (Å²) in [5.74, 6) is -0.206. The van der Waals surface area contributed by atoms with Crippen molar-refractivity contribution in [3.8, 4) is 0 Å². The van der Waals surface area contributed by atoms with E-state index in [1.165, 1.54) is 14.2 Å². The van der Waals surface area contributed by atoms with Crippen molar-refractivity contribution in [2.24, 2.45) is 5.92 Å². The number of methoxy groups -OCH3 is 2. The minimum absolute atomic E-state index is 0.0887. The Labute approximate surface area is 164 Å². The molecule has 144 valence electrons. The highest BCUT2D eigenvalue weighted by molar-refractivity contribution is 5.94. The molecule has 2 aromatic rings. The number of benzene rings is 2. The molecule has 0 unspecified atom stereocenters. The van der Waals surface area contributed by atoms with Gasteiger partial charge in [-0.15, -0.1) is 0 Å². The van der Waals surface area contributed by atoms with Gasteiger partial charge in [0.15, 0.2) is 0 Å². The fraction of sp³-hybridized carbons (Fsp3) is 0.304. The van der Waals surface area contributed by atoms with Crippen LogP contribution in [0.25, 0.3) is 0 Å². The highest BCUT2D eigenvalue weighted by Gasteiger charge is 2.40. The van der Waals surface area contributed by atoms with Gasteiger partial charge in [0.2, 0.25) is 0 Å². The Balaban J connectivity index is 1.77. The Bertz CT molecular complexity index is 961. The molecule has 5 nitrogen and oxygen atoms in total. The second-order valence-electron chi connectivity index (χ2n) is 7.30. The van der Waals surface area contributed by atoms with E-state index in [-0.39, 0.29) is 23.9 Å².